The van der Waals surface area contributed by atoms with Crippen molar-refractivity contribution in [3.8, 4) is 5.82 Å². The lowest BCUT2D eigenvalue weighted by atomic mass is 9.97. The Morgan fingerprint density at radius 3 is 2.52 bits per heavy atom. The van der Waals surface area contributed by atoms with Crippen molar-refractivity contribution >= 4 is 30.7 Å². The summed E-state index contributed by atoms with van der Waals surface area (Å²) in [5, 5.41) is 3.19. The van der Waals surface area contributed by atoms with Gasteiger partial charge in [0.1, 0.15) is 5.82 Å². The van der Waals surface area contributed by atoms with Crippen LogP contribution in [0.15, 0.2) is 30.5 Å². The Balaban J connectivity index is 0.00000156. The molecule has 1 aliphatic carbocycles. The highest BCUT2D eigenvalue weighted by Crippen LogP contribution is 2.29. The van der Waals surface area contributed by atoms with Crippen LogP contribution in [-0.4, -0.2) is 27.5 Å². The zero-order valence-electron chi connectivity index (χ0n) is 14.6. The molecule has 0 aliphatic heterocycles. The molecule has 138 valence electrons. The number of carbonyl (C=O) groups is 1. The van der Waals surface area contributed by atoms with Gasteiger partial charge in [0.05, 0.1) is 11.1 Å². The Hall–Kier alpha value is -1.56. The number of halogens is 2. The maximum atomic E-state index is 12.8. The normalized spacial score (nSPS) is 15.2. The molecule has 0 aromatic carbocycles. The van der Waals surface area contributed by atoms with E-state index >= 15 is 0 Å². The highest BCUT2D eigenvalue weighted by Gasteiger charge is 2.34. The van der Waals surface area contributed by atoms with E-state index in [1.54, 1.807) is 6.20 Å². The lowest BCUT2D eigenvalue weighted by molar-refractivity contribution is 0.0902. The molecule has 0 spiro atoms. The van der Waals surface area contributed by atoms with Gasteiger partial charge in [-0.1, -0.05) is 18.9 Å². The van der Waals surface area contributed by atoms with Crippen LogP contribution in [0.3, 0.4) is 0 Å². The average molecular weight is 385 g/mol. The fourth-order valence-electron chi connectivity index (χ4n) is 3.57. The Morgan fingerprint density at radius 1 is 1.28 bits per heavy atom. The van der Waals surface area contributed by atoms with Gasteiger partial charge in [0.2, 0.25) is 0 Å². The summed E-state index contributed by atoms with van der Waals surface area (Å²) in [6.45, 7) is 4.45. The molecule has 0 bridgehead atoms. The Morgan fingerprint density at radius 2 is 1.96 bits per heavy atom. The van der Waals surface area contributed by atoms with Gasteiger partial charge >= 0.3 is 0 Å². The summed E-state index contributed by atoms with van der Waals surface area (Å²) in [5.41, 5.74) is 8.31. The van der Waals surface area contributed by atoms with Crippen molar-refractivity contribution in [3.63, 3.8) is 0 Å². The van der Waals surface area contributed by atoms with Crippen LogP contribution in [0, 0.1) is 13.8 Å². The number of nitrogens with one attached hydrogen (secondary N) is 1. The maximum Gasteiger partial charge on any atom is 0.253 e. The minimum atomic E-state index is -0.232. The predicted octanol–water partition coefficient (Wildman–Crippen LogP) is 3.33. The Bertz CT molecular complexity index is 709. The molecule has 0 atom stereocenters. The van der Waals surface area contributed by atoms with E-state index in [4.69, 9.17) is 5.73 Å². The van der Waals surface area contributed by atoms with Gasteiger partial charge in [0, 0.05) is 24.1 Å². The summed E-state index contributed by atoms with van der Waals surface area (Å²) in [4.78, 5) is 17.2. The summed E-state index contributed by atoms with van der Waals surface area (Å²) < 4.78 is 2.01. The molecule has 2 aromatic heterocycles. The summed E-state index contributed by atoms with van der Waals surface area (Å²) in [6, 6.07) is 7.71. The molecule has 3 rings (SSSR count). The maximum absolute atomic E-state index is 12.8. The third kappa shape index (κ3) is 4.17. The van der Waals surface area contributed by atoms with Gasteiger partial charge in [-0.2, -0.15) is 0 Å². The molecular formula is C18H26Cl2N4O. The summed E-state index contributed by atoms with van der Waals surface area (Å²) >= 11 is 0. The molecule has 0 radical (unpaired) electrons. The smallest absolute Gasteiger partial charge is 0.253 e. The highest BCUT2D eigenvalue weighted by atomic mass is 35.5. The molecule has 3 N–H and O–H groups in total. The van der Waals surface area contributed by atoms with Crippen molar-refractivity contribution in [1.29, 1.82) is 0 Å². The molecule has 25 heavy (non-hydrogen) atoms. The first-order valence-electron chi connectivity index (χ1n) is 8.19. The monoisotopic (exact) mass is 384 g/mol. The number of hydrogen-bond donors (Lipinski definition) is 2. The van der Waals surface area contributed by atoms with Crippen LogP contribution in [0.2, 0.25) is 0 Å². The molecule has 2 heterocycles. The van der Waals surface area contributed by atoms with Crippen molar-refractivity contribution in [2.45, 2.75) is 45.1 Å². The molecular weight excluding hydrogens is 359 g/mol. The zero-order chi connectivity index (χ0) is 16.4. The zero-order valence-corrected chi connectivity index (χ0v) is 16.3. The van der Waals surface area contributed by atoms with E-state index in [-0.39, 0.29) is 36.3 Å². The van der Waals surface area contributed by atoms with Gasteiger partial charge in [0.25, 0.3) is 5.91 Å². The van der Waals surface area contributed by atoms with E-state index in [0.29, 0.717) is 12.1 Å². The van der Waals surface area contributed by atoms with Crippen LogP contribution < -0.4 is 11.1 Å². The minimum Gasteiger partial charge on any atom is -0.345 e. The molecule has 1 saturated carbocycles. The SMILES string of the molecule is Cc1cc(C(=O)NC2(CN)CCCC2)c(C)n1-c1ccccn1.Cl.Cl. The van der Waals surface area contributed by atoms with Crippen LogP contribution in [-0.2, 0) is 0 Å². The van der Waals surface area contributed by atoms with Crippen molar-refractivity contribution < 1.29 is 4.79 Å². The fourth-order valence-corrected chi connectivity index (χ4v) is 3.57. The number of rotatable bonds is 4. The first-order chi connectivity index (χ1) is 11.1. The topological polar surface area (TPSA) is 72.9 Å². The molecule has 2 aromatic rings. The van der Waals surface area contributed by atoms with Crippen molar-refractivity contribution in [1.82, 2.24) is 14.9 Å². The average Bonchev–Trinajstić information content (AvgIpc) is 3.13. The number of amides is 1. The van der Waals surface area contributed by atoms with E-state index in [0.717, 1.165) is 42.9 Å². The Kier molecular flexibility index (Phi) is 7.47. The number of nitrogens with two attached hydrogens (primary N) is 1. The van der Waals surface area contributed by atoms with E-state index in [1.807, 2.05) is 42.7 Å². The molecule has 0 unspecified atom stereocenters. The van der Waals surface area contributed by atoms with E-state index in [2.05, 4.69) is 10.3 Å². The van der Waals surface area contributed by atoms with Gasteiger partial charge < -0.3 is 15.6 Å². The van der Waals surface area contributed by atoms with Gasteiger partial charge in [-0.05, 0) is 44.9 Å². The summed E-state index contributed by atoms with van der Waals surface area (Å²) in [6.07, 6.45) is 5.95. The number of pyridine rings is 1. The second-order valence-electron chi connectivity index (χ2n) is 6.45. The fraction of sp³-hybridized carbons (Fsp3) is 0.444. The van der Waals surface area contributed by atoms with Crippen LogP contribution in [0.25, 0.3) is 5.82 Å². The molecule has 1 amide bonds. The standard InChI is InChI=1S/C18H24N4O.2ClH/c1-13-11-15(14(2)22(13)16-7-3-6-10-20-16)17(23)21-18(12-19)8-4-5-9-18;;/h3,6-7,10-11H,4-5,8-9,12,19H2,1-2H3,(H,21,23);2*1H. The lowest BCUT2D eigenvalue weighted by Crippen LogP contribution is -2.51. The molecule has 7 heteroatoms. The molecule has 1 aliphatic rings. The number of aromatic nitrogens is 2. The predicted molar refractivity (Wildman–Crippen MR) is 105 cm³/mol. The van der Waals surface area contributed by atoms with Crippen LogP contribution in [0.1, 0.15) is 47.4 Å². The van der Waals surface area contributed by atoms with Gasteiger partial charge in [0.15, 0.2) is 0 Å². The van der Waals surface area contributed by atoms with E-state index < -0.39 is 0 Å². The van der Waals surface area contributed by atoms with E-state index in [9.17, 15) is 4.79 Å². The first-order valence-corrected chi connectivity index (χ1v) is 8.19. The summed E-state index contributed by atoms with van der Waals surface area (Å²) in [7, 11) is 0. The quantitative estimate of drug-likeness (QED) is 0.848. The molecule has 0 saturated heterocycles. The van der Waals surface area contributed by atoms with Crippen LogP contribution >= 0.6 is 24.8 Å². The first kappa shape index (κ1) is 21.5. The van der Waals surface area contributed by atoms with Gasteiger partial charge in [-0.15, -0.1) is 24.8 Å². The van der Waals surface area contributed by atoms with Gasteiger partial charge in [-0.25, -0.2) is 4.98 Å². The highest BCUT2D eigenvalue weighted by molar-refractivity contribution is 5.96. The summed E-state index contributed by atoms with van der Waals surface area (Å²) in [5.74, 6) is 0.795. The largest absolute Gasteiger partial charge is 0.345 e. The second kappa shape index (κ2) is 8.70. The van der Waals surface area contributed by atoms with Crippen LogP contribution in [0.5, 0.6) is 0 Å². The Labute approximate surface area is 161 Å². The number of nitrogens with zero attached hydrogens (tertiary/aromatic N) is 2. The number of hydrogen-bond acceptors (Lipinski definition) is 3. The lowest BCUT2D eigenvalue weighted by Gasteiger charge is -2.28. The van der Waals surface area contributed by atoms with Gasteiger partial charge in [-0.3, -0.25) is 4.79 Å². The van der Waals surface area contributed by atoms with Crippen molar-refractivity contribution in [2.75, 3.05) is 6.54 Å². The van der Waals surface area contributed by atoms with E-state index in [1.165, 1.54) is 0 Å². The molecule has 5 nitrogen and oxygen atoms in total. The van der Waals surface area contributed by atoms with Crippen molar-refractivity contribution in [2.24, 2.45) is 5.73 Å². The van der Waals surface area contributed by atoms with Crippen molar-refractivity contribution in [3.05, 3.63) is 47.4 Å². The third-order valence-electron chi connectivity index (χ3n) is 4.88. The number of carbonyl (C=O) groups excluding carboxylic acids is 1. The number of aryl methyl sites for hydroxylation is 1. The third-order valence-corrected chi connectivity index (χ3v) is 4.88. The molecule has 1 fully saturated rings. The minimum absolute atomic E-state index is 0. The van der Waals surface area contributed by atoms with Crippen LogP contribution in [0.4, 0.5) is 0 Å². The second-order valence-corrected chi connectivity index (χ2v) is 6.45.